The zero-order chi connectivity index (χ0) is 19.2. The predicted molar refractivity (Wildman–Crippen MR) is 92.7 cm³/mol. The molecule has 138 valence electrons. The number of rotatable bonds is 2. The van der Waals surface area contributed by atoms with Crippen molar-refractivity contribution in [1.82, 2.24) is 0 Å². The highest BCUT2D eigenvalue weighted by molar-refractivity contribution is 9.10. The van der Waals surface area contributed by atoms with Gasteiger partial charge in [0.25, 0.3) is 0 Å². The number of carbonyl (C=O) groups excluding carboxylic acids is 1. The first-order valence-corrected chi connectivity index (χ1v) is 8.62. The molecule has 0 saturated carbocycles. The number of benzene rings is 1. The Morgan fingerprint density at radius 3 is 2.40 bits per heavy atom. The Hall–Kier alpha value is -1.50. The van der Waals surface area contributed by atoms with Crippen molar-refractivity contribution >= 4 is 28.0 Å². The minimum absolute atomic E-state index is 0.0146. The van der Waals surface area contributed by atoms with Crippen LogP contribution in [0, 0.1) is 6.92 Å². The maximum absolute atomic E-state index is 13.4. The van der Waals surface area contributed by atoms with Crippen LogP contribution < -0.4 is 4.74 Å². The summed E-state index contributed by atoms with van der Waals surface area (Å²) in [5, 5.41) is 0. The highest BCUT2D eigenvalue weighted by Crippen LogP contribution is 2.45. The van der Waals surface area contributed by atoms with Gasteiger partial charge in [0.2, 0.25) is 6.10 Å². The number of fused-ring (bicyclic) bond motifs is 1. The van der Waals surface area contributed by atoms with E-state index < -0.39 is 23.8 Å². The van der Waals surface area contributed by atoms with Crippen molar-refractivity contribution in [3.8, 4) is 5.75 Å². The second kappa shape index (κ2) is 6.67. The zero-order valence-corrected chi connectivity index (χ0v) is 16.3. The fourth-order valence-electron chi connectivity index (χ4n) is 3.02. The molecule has 1 aliphatic rings. The van der Waals surface area contributed by atoms with E-state index in [1.165, 1.54) is 13.0 Å². The lowest BCUT2D eigenvalue weighted by molar-refractivity contribution is -0.188. The van der Waals surface area contributed by atoms with Gasteiger partial charge in [-0.1, -0.05) is 36.7 Å². The minimum Gasteiger partial charge on any atom is -0.475 e. The molecule has 0 aliphatic carbocycles. The molecule has 1 aromatic rings. The van der Waals surface area contributed by atoms with Gasteiger partial charge in [-0.25, -0.2) is 4.79 Å². The Kier molecular flexibility index (Phi) is 5.28. The average molecular weight is 421 g/mol. The van der Waals surface area contributed by atoms with Gasteiger partial charge in [0, 0.05) is 10.0 Å². The average Bonchev–Trinajstić information content (AvgIpc) is 2.43. The third-order valence-corrected chi connectivity index (χ3v) is 4.51. The number of ether oxygens (including phenoxy) is 2. The maximum atomic E-state index is 13.4. The molecule has 25 heavy (non-hydrogen) atoms. The molecule has 1 unspecified atom stereocenters. The van der Waals surface area contributed by atoms with E-state index in [9.17, 15) is 18.0 Å². The first kappa shape index (κ1) is 19.8. The molecule has 1 heterocycles. The Labute approximate surface area is 153 Å². The van der Waals surface area contributed by atoms with Gasteiger partial charge in [-0.05, 0) is 42.5 Å². The lowest BCUT2D eigenvalue weighted by Gasteiger charge is -2.32. The first-order valence-electron chi connectivity index (χ1n) is 7.83. The van der Waals surface area contributed by atoms with Crippen molar-refractivity contribution in [2.45, 2.75) is 52.3 Å². The summed E-state index contributed by atoms with van der Waals surface area (Å²) in [6.07, 6.45) is -5.86. The first-order chi connectivity index (χ1) is 11.4. The third-order valence-electron chi connectivity index (χ3n) is 3.89. The molecule has 1 aliphatic heterocycles. The lowest BCUT2D eigenvalue weighted by Crippen LogP contribution is -2.41. The molecule has 0 bridgehead atoms. The molecule has 2 rings (SSSR count). The fourth-order valence-corrected chi connectivity index (χ4v) is 4.15. The maximum Gasteiger partial charge on any atom is 0.430 e. The van der Waals surface area contributed by atoms with E-state index in [-0.39, 0.29) is 17.8 Å². The van der Waals surface area contributed by atoms with E-state index in [4.69, 9.17) is 9.47 Å². The van der Waals surface area contributed by atoms with Crippen LogP contribution in [0.1, 0.15) is 44.4 Å². The SMILES string of the molecule is CCOC(=O)C1=Cc2cc(Br)c(C(C)(C)C)c(C)c2OC1C(F)(F)F. The van der Waals surface area contributed by atoms with E-state index >= 15 is 0 Å². The second-order valence-electron chi connectivity index (χ2n) is 6.89. The fraction of sp³-hybridized carbons (Fsp3) is 0.500. The topological polar surface area (TPSA) is 35.5 Å². The molecule has 0 radical (unpaired) electrons. The summed E-state index contributed by atoms with van der Waals surface area (Å²) in [7, 11) is 0. The van der Waals surface area contributed by atoms with Gasteiger partial charge in [-0.15, -0.1) is 0 Å². The number of halogens is 4. The summed E-state index contributed by atoms with van der Waals surface area (Å²) < 4.78 is 51.1. The van der Waals surface area contributed by atoms with Crippen molar-refractivity contribution in [3.05, 3.63) is 32.8 Å². The van der Waals surface area contributed by atoms with Gasteiger partial charge in [0.15, 0.2) is 0 Å². The van der Waals surface area contributed by atoms with Gasteiger partial charge < -0.3 is 9.47 Å². The smallest absolute Gasteiger partial charge is 0.430 e. The Bertz CT molecular complexity index is 731. The molecule has 0 aromatic heterocycles. The van der Waals surface area contributed by atoms with Crippen molar-refractivity contribution < 1.29 is 27.4 Å². The Morgan fingerprint density at radius 1 is 1.32 bits per heavy atom. The summed E-state index contributed by atoms with van der Waals surface area (Å²) in [6, 6.07) is 1.68. The molecule has 0 N–H and O–H groups in total. The third kappa shape index (κ3) is 3.86. The van der Waals surface area contributed by atoms with Crippen LogP contribution in [0.15, 0.2) is 16.1 Å². The van der Waals surface area contributed by atoms with Crippen molar-refractivity contribution in [2.24, 2.45) is 0 Å². The second-order valence-corrected chi connectivity index (χ2v) is 7.74. The summed E-state index contributed by atoms with van der Waals surface area (Å²) in [4.78, 5) is 12.0. The van der Waals surface area contributed by atoms with Crippen LogP contribution in [-0.4, -0.2) is 24.9 Å². The Morgan fingerprint density at radius 2 is 1.92 bits per heavy atom. The normalized spacial score (nSPS) is 17.5. The summed E-state index contributed by atoms with van der Waals surface area (Å²) in [5.41, 5.74) is 1.06. The molecular formula is C18H20BrF3O3. The van der Waals surface area contributed by atoms with Crippen LogP contribution in [0.25, 0.3) is 6.08 Å². The molecule has 1 aromatic carbocycles. The van der Waals surface area contributed by atoms with Crippen molar-refractivity contribution in [3.63, 3.8) is 0 Å². The van der Waals surface area contributed by atoms with Gasteiger partial charge >= 0.3 is 12.1 Å². The molecule has 0 spiro atoms. The highest BCUT2D eigenvalue weighted by atomic mass is 79.9. The van der Waals surface area contributed by atoms with Crippen LogP contribution in [-0.2, 0) is 14.9 Å². The molecule has 1 atom stereocenters. The molecule has 3 nitrogen and oxygen atoms in total. The standard InChI is InChI=1S/C18H20BrF3O3/c1-6-24-16(23)11-7-10-8-12(19)13(17(3,4)5)9(2)14(10)25-15(11)18(20,21)22/h7-8,15H,6H2,1-5H3. The van der Waals surface area contributed by atoms with E-state index in [1.807, 2.05) is 20.8 Å². The number of carbonyl (C=O) groups is 1. The monoisotopic (exact) mass is 420 g/mol. The van der Waals surface area contributed by atoms with Gasteiger partial charge in [-0.3, -0.25) is 0 Å². The van der Waals surface area contributed by atoms with Crippen LogP contribution >= 0.6 is 15.9 Å². The van der Waals surface area contributed by atoms with E-state index in [0.717, 1.165) is 10.0 Å². The van der Waals surface area contributed by atoms with Crippen molar-refractivity contribution in [1.29, 1.82) is 0 Å². The number of alkyl halides is 3. The molecule has 0 fully saturated rings. The lowest BCUT2D eigenvalue weighted by atomic mass is 9.82. The largest absolute Gasteiger partial charge is 0.475 e. The van der Waals surface area contributed by atoms with Gasteiger partial charge in [0.1, 0.15) is 5.75 Å². The van der Waals surface area contributed by atoms with E-state index in [0.29, 0.717) is 11.1 Å². The predicted octanol–water partition coefficient (Wildman–Crippen LogP) is 5.32. The molecular weight excluding hydrogens is 401 g/mol. The van der Waals surface area contributed by atoms with Crippen LogP contribution in [0.5, 0.6) is 5.75 Å². The highest BCUT2D eigenvalue weighted by Gasteiger charge is 2.49. The molecule has 0 saturated heterocycles. The molecule has 0 amide bonds. The minimum atomic E-state index is -4.72. The van der Waals surface area contributed by atoms with Crippen LogP contribution in [0.4, 0.5) is 13.2 Å². The summed E-state index contributed by atoms with van der Waals surface area (Å²) in [6.45, 7) is 9.15. The Balaban J connectivity index is 2.68. The quantitative estimate of drug-likeness (QED) is 0.606. The molecule has 7 heteroatoms. The van der Waals surface area contributed by atoms with Crippen LogP contribution in [0.3, 0.4) is 0 Å². The zero-order valence-electron chi connectivity index (χ0n) is 14.7. The van der Waals surface area contributed by atoms with E-state index in [2.05, 4.69) is 15.9 Å². The number of hydrogen-bond acceptors (Lipinski definition) is 3. The summed E-state index contributed by atoms with van der Waals surface area (Å²) in [5.74, 6) is -0.882. The number of hydrogen-bond donors (Lipinski definition) is 0. The summed E-state index contributed by atoms with van der Waals surface area (Å²) >= 11 is 3.48. The van der Waals surface area contributed by atoms with Gasteiger partial charge in [0.05, 0.1) is 12.2 Å². The number of esters is 1. The van der Waals surface area contributed by atoms with Crippen molar-refractivity contribution in [2.75, 3.05) is 6.61 Å². The van der Waals surface area contributed by atoms with Gasteiger partial charge in [-0.2, -0.15) is 13.2 Å². The van der Waals surface area contributed by atoms with Crippen LogP contribution in [0.2, 0.25) is 0 Å². The van der Waals surface area contributed by atoms with E-state index in [1.54, 1.807) is 13.0 Å².